The van der Waals surface area contributed by atoms with Crippen molar-refractivity contribution in [2.75, 3.05) is 0 Å². The van der Waals surface area contributed by atoms with Crippen LogP contribution in [0.2, 0.25) is 0 Å². The molecule has 0 aromatic rings. The summed E-state index contributed by atoms with van der Waals surface area (Å²) in [6.07, 6.45) is 11.0. The van der Waals surface area contributed by atoms with Gasteiger partial charge >= 0.3 is 5.92 Å². The molecule has 0 amide bonds. The van der Waals surface area contributed by atoms with Crippen molar-refractivity contribution >= 4 is 15.2 Å². The van der Waals surface area contributed by atoms with Crippen LogP contribution in [-0.2, 0) is 0 Å². The molecule has 1 heterocycles. The second kappa shape index (κ2) is 5.45. The highest BCUT2D eigenvalue weighted by atomic mass is 32.1. The van der Waals surface area contributed by atoms with Gasteiger partial charge in [0.15, 0.2) is 0 Å². The van der Waals surface area contributed by atoms with Crippen LogP contribution in [0.3, 0.4) is 0 Å². The number of fused-ring (bicyclic) bond motifs is 1. The molecule has 0 nitrogen and oxygen atoms in total. The van der Waals surface area contributed by atoms with E-state index in [0.717, 1.165) is 31.6 Å². The lowest BCUT2D eigenvalue weighted by atomic mass is 10.0. The Morgan fingerprint density at radius 2 is 1.79 bits per heavy atom. The number of alkyl halides is 3. The van der Waals surface area contributed by atoms with Crippen LogP contribution in [0.15, 0.2) is 0 Å². The minimum atomic E-state index is -4.01. The molecule has 0 unspecified atom stereocenters. The van der Waals surface area contributed by atoms with Gasteiger partial charge in [0, 0.05) is 13.3 Å². The van der Waals surface area contributed by atoms with E-state index in [4.69, 9.17) is 0 Å². The number of halogens is 3. The molecule has 0 bridgehead atoms. The first-order chi connectivity index (χ1) is 9.00. The van der Waals surface area contributed by atoms with Gasteiger partial charge in [-0.15, -0.1) is 0 Å². The lowest BCUT2D eigenvalue weighted by Crippen LogP contribution is -2.16. The molecule has 2 aliphatic carbocycles. The lowest BCUT2D eigenvalue weighted by Gasteiger charge is -2.36. The molecule has 3 rings (SSSR count). The molecule has 0 N–H and O–H groups in total. The predicted octanol–water partition coefficient (Wildman–Crippen LogP) is 5.85. The van der Waals surface area contributed by atoms with Gasteiger partial charge in [-0.05, 0) is 49.3 Å². The van der Waals surface area contributed by atoms with Crippen LogP contribution in [0, 0.1) is 30.8 Å². The monoisotopic (exact) mass is 305 g/mol. The smallest absolute Gasteiger partial charge is 0.167 e. The van der Waals surface area contributed by atoms with Gasteiger partial charge in [-0.1, -0.05) is 33.8 Å². The van der Waals surface area contributed by atoms with Crippen molar-refractivity contribution in [1.82, 2.24) is 0 Å². The molecule has 19 heavy (non-hydrogen) atoms. The molecule has 0 aromatic heterocycles. The van der Waals surface area contributed by atoms with Crippen molar-refractivity contribution < 1.29 is 13.2 Å². The zero-order valence-corrected chi connectivity index (χ0v) is 12.7. The fourth-order valence-electron chi connectivity index (χ4n) is 3.50. The summed E-state index contributed by atoms with van der Waals surface area (Å²) in [7, 11) is -2.85. The highest BCUT2D eigenvalue weighted by molar-refractivity contribution is 8.33. The molecule has 3 aliphatic rings. The molecule has 0 aromatic carbocycles. The second-order valence-electron chi connectivity index (χ2n) is 5.49. The van der Waals surface area contributed by atoms with Crippen LogP contribution in [-0.4, -0.2) is 17.2 Å². The quantitative estimate of drug-likeness (QED) is 0.533. The number of hydrogen-bond donors (Lipinski definition) is 0. The predicted molar refractivity (Wildman–Crippen MR) is 75.6 cm³/mol. The van der Waals surface area contributed by atoms with E-state index in [0.29, 0.717) is 11.3 Å². The van der Waals surface area contributed by atoms with Gasteiger partial charge < -0.3 is 0 Å². The molecule has 5 heteroatoms. The van der Waals surface area contributed by atoms with Gasteiger partial charge in [0.05, 0.1) is 0 Å². The molecule has 5 radical (unpaired) electrons. The maximum Gasteiger partial charge on any atom is 0.409 e. The molecule has 2 saturated carbocycles. The van der Waals surface area contributed by atoms with E-state index in [1.165, 1.54) is 6.42 Å². The SMILES string of the molecule is C[C@@H]1[C]2[CH][CH][CH][C]2[P@@](C(F)(F)F)[P@@]1C1CCCCC1. The van der Waals surface area contributed by atoms with E-state index >= 15 is 0 Å². The summed E-state index contributed by atoms with van der Waals surface area (Å²) in [5.74, 6) is -3.01. The third kappa shape index (κ3) is 2.59. The van der Waals surface area contributed by atoms with Gasteiger partial charge in [0.25, 0.3) is 0 Å². The third-order valence-corrected chi connectivity index (χ3v) is 13.2. The summed E-state index contributed by atoms with van der Waals surface area (Å²) < 4.78 is 40.6. The fraction of sp³-hybridized carbons (Fsp3) is 0.643. The Bertz CT molecular complexity index is 323. The van der Waals surface area contributed by atoms with Gasteiger partial charge in [-0.3, -0.25) is 0 Å². The topological polar surface area (TPSA) is 0 Å². The summed E-state index contributed by atoms with van der Waals surface area (Å²) >= 11 is 0. The average Bonchev–Trinajstić information content (AvgIpc) is 2.91. The zero-order chi connectivity index (χ0) is 13.6. The van der Waals surface area contributed by atoms with E-state index in [9.17, 15) is 13.2 Å². The third-order valence-electron chi connectivity index (χ3n) is 4.32. The highest BCUT2D eigenvalue weighted by Gasteiger charge is 2.62. The molecule has 1 saturated heterocycles. The van der Waals surface area contributed by atoms with Crippen LogP contribution in [0.25, 0.3) is 0 Å². The van der Waals surface area contributed by atoms with E-state index in [1.807, 2.05) is 13.3 Å². The average molecular weight is 305 g/mol. The fourth-order valence-corrected chi connectivity index (χ4v) is 13.0. The van der Waals surface area contributed by atoms with Gasteiger partial charge in [-0.25, -0.2) is 0 Å². The van der Waals surface area contributed by atoms with Gasteiger partial charge in [-0.2, -0.15) is 13.2 Å². The summed E-state index contributed by atoms with van der Waals surface area (Å²) in [5.41, 5.74) is 1.14. The second-order valence-corrected chi connectivity index (χ2v) is 12.0. The van der Waals surface area contributed by atoms with E-state index in [1.54, 1.807) is 12.8 Å². The minimum absolute atomic E-state index is 0.149. The van der Waals surface area contributed by atoms with Crippen LogP contribution in [0.5, 0.6) is 0 Å². The van der Waals surface area contributed by atoms with Crippen molar-refractivity contribution in [1.29, 1.82) is 0 Å². The molecule has 0 spiro atoms. The van der Waals surface area contributed by atoms with Crippen molar-refractivity contribution in [2.45, 2.75) is 56.3 Å². The van der Waals surface area contributed by atoms with E-state index < -0.39 is 21.1 Å². The van der Waals surface area contributed by atoms with E-state index in [2.05, 4.69) is 0 Å². The van der Waals surface area contributed by atoms with Crippen LogP contribution in [0.1, 0.15) is 39.0 Å². The van der Waals surface area contributed by atoms with Crippen LogP contribution >= 0.6 is 15.2 Å². The van der Waals surface area contributed by atoms with Crippen molar-refractivity contribution in [2.24, 2.45) is 0 Å². The van der Waals surface area contributed by atoms with Crippen molar-refractivity contribution in [3.63, 3.8) is 0 Å². The largest absolute Gasteiger partial charge is 0.409 e. The molecule has 105 valence electrons. The Labute approximate surface area is 116 Å². The Kier molecular flexibility index (Phi) is 4.18. The van der Waals surface area contributed by atoms with E-state index in [-0.39, 0.29) is 5.66 Å². The van der Waals surface area contributed by atoms with Crippen molar-refractivity contribution in [3.8, 4) is 0 Å². The van der Waals surface area contributed by atoms with Crippen LogP contribution < -0.4 is 0 Å². The maximum atomic E-state index is 13.5. The molecule has 3 fully saturated rings. The summed E-state index contributed by atoms with van der Waals surface area (Å²) in [6, 6.07) is 0. The molecular formula is C14H18F3P2. The Morgan fingerprint density at radius 3 is 2.42 bits per heavy atom. The Hall–Kier alpha value is 0.650. The standard InChI is InChI=1S/C14H18F3P2/c1-10-12-8-5-9-13(12)19(14(15,16)17)18(10)11-6-3-2-4-7-11/h5,8-11H,2-4,6-7H2,1H3/t10-,18-,19+/m1/s1. The highest BCUT2D eigenvalue weighted by Crippen LogP contribution is 2.93. The van der Waals surface area contributed by atoms with Crippen molar-refractivity contribution in [3.05, 3.63) is 30.8 Å². The Morgan fingerprint density at radius 1 is 1.11 bits per heavy atom. The van der Waals surface area contributed by atoms with Crippen LogP contribution in [0.4, 0.5) is 13.2 Å². The molecule has 3 atom stereocenters. The number of hydrogen-bond acceptors (Lipinski definition) is 0. The Balaban J connectivity index is 1.86. The number of rotatable bonds is 1. The summed E-state index contributed by atoms with van der Waals surface area (Å²) in [5, 5.41) is 0. The molecule has 1 aliphatic heterocycles. The first-order valence-electron chi connectivity index (χ1n) is 6.91. The normalized spacial score (nSPS) is 38.8. The van der Waals surface area contributed by atoms with Gasteiger partial charge in [0.2, 0.25) is 0 Å². The zero-order valence-electron chi connectivity index (χ0n) is 11.0. The first kappa shape index (κ1) is 14.6. The summed E-state index contributed by atoms with van der Waals surface area (Å²) in [4.78, 5) is 0. The first-order valence-corrected chi connectivity index (χ1v) is 10.4. The lowest BCUT2D eigenvalue weighted by molar-refractivity contribution is -0.0378. The maximum absolute atomic E-state index is 13.5. The summed E-state index contributed by atoms with van der Waals surface area (Å²) in [6.45, 7) is 2.03. The molecular weight excluding hydrogens is 287 g/mol. The minimum Gasteiger partial charge on any atom is -0.167 e. The van der Waals surface area contributed by atoms with Gasteiger partial charge in [0.1, 0.15) is 0 Å².